The predicted octanol–water partition coefficient (Wildman–Crippen LogP) is 3.70. The molecule has 0 radical (unpaired) electrons. The minimum Gasteiger partial charge on any atom is -0.338 e. The Labute approximate surface area is 125 Å². The Morgan fingerprint density at radius 1 is 1.33 bits per heavy atom. The van der Waals surface area contributed by atoms with E-state index in [0.717, 1.165) is 5.56 Å². The van der Waals surface area contributed by atoms with Crippen molar-refractivity contribution in [3.8, 4) is 0 Å². The summed E-state index contributed by atoms with van der Waals surface area (Å²) in [5, 5.41) is 4.04. The molecule has 0 N–H and O–H groups in total. The molecule has 0 saturated carbocycles. The van der Waals surface area contributed by atoms with E-state index in [1.807, 2.05) is 40.8 Å². The van der Waals surface area contributed by atoms with Crippen LogP contribution in [0.25, 0.3) is 0 Å². The molecule has 0 aliphatic heterocycles. The molecule has 1 atom stereocenters. The summed E-state index contributed by atoms with van der Waals surface area (Å²) in [6.45, 7) is 8.75. The Balaban J connectivity index is 2.08. The lowest BCUT2D eigenvalue weighted by Gasteiger charge is -2.21. The summed E-state index contributed by atoms with van der Waals surface area (Å²) in [7, 11) is 1.95. The van der Waals surface area contributed by atoms with Crippen molar-refractivity contribution >= 4 is 0 Å². The highest BCUT2D eigenvalue weighted by atomic mass is 19.1. The zero-order chi connectivity index (χ0) is 15.6. The van der Waals surface area contributed by atoms with Gasteiger partial charge in [-0.15, -0.1) is 0 Å². The van der Waals surface area contributed by atoms with Crippen molar-refractivity contribution in [2.24, 2.45) is 0 Å². The largest absolute Gasteiger partial charge is 0.338 e. The molecule has 0 aliphatic carbocycles. The lowest BCUT2D eigenvalue weighted by molar-refractivity contribution is 0.202. The molecular weight excluding hydrogens is 269 g/mol. The van der Waals surface area contributed by atoms with Crippen molar-refractivity contribution in [1.82, 2.24) is 15.0 Å². The summed E-state index contributed by atoms with van der Waals surface area (Å²) in [6, 6.07) is 6.57. The second-order valence-corrected chi connectivity index (χ2v) is 6.43. The molecule has 0 saturated heterocycles. The van der Waals surface area contributed by atoms with E-state index in [9.17, 15) is 4.39 Å². The Morgan fingerprint density at radius 2 is 2.05 bits per heavy atom. The van der Waals surface area contributed by atoms with Gasteiger partial charge in [0.15, 0.2) is 5.82 Å². The minimum absolute atomic E-state index is 0.0307. The van der Waals surface area contributed by atoms with E-state index in [1.54, 1.807) is 6.07 Å². The Kier molecular flexibility index (Phi) is 4.42. The van der Waals surface area contributed by atoms with E-state index in [0.29, 0.717) is 18.3 Å². The van der Waals surface area contributed by atoms with Crippen molar-refractivity contribution in [3.63, 3.8) is 0 Å². The third kappa shape index (κ3) is 3.88. The van der Waals surface area contributed by atoms with E-state index < -0.39 is 0 Å². The molecular formula is C16H22FN3O. The van der Waals surface area contributed by atoms with E-state index in [-0.39, 0.29) is 17.3 Å². The second kappa shape index (κ2) is 5.93. The van der Waals surface area contributed by atoms with Gasteiger partial charge in [-0.2, -0.15) is 4.98 Å². The third-order valence-corrected chi connectivity index (χ3v) is 3.45. The van der Waals surface area contributed by atoms with Crippen LogP contribution in [-0.2, 0) is 12.0 Å². The van der Waals surface area contributed by atoms with Gasteiger partial charge in [0.25, 0.3) is 0 Å². The van der Waals surface area contributed by atoms with Crippen molar-refractivity contribution in [2.45, 2.75) is 45.7 Å². The molecule has 1 heterocycles. The molecule has 1 aromatic carbocycles. The van der Waals surface area contributed by atoms with Crippen molar-refractivity contribution in [1.29, 1.82) is 0 Å². The Bertz CT molecular complexity index is 604. The van der Waals surface area contributed by atoms with Crippen LogP contribution in [0, 0.1) is 5.82 Å². The van der Waals surface area contributed by atoms with Crippen LogP contribution in [0.4, 0.5) is 4.39 Å². The van der Waals surface area contributed by atoms with Gasteiger partial charge >= 0.3 is 0 Å². The molecule has 0 bridgehead atoms. The molecule has 114 valence electrons. The fourth-order valence-electron chi connectivity index (χ4n) is 1.96. The third-order valence-electron chi connectivity index (χ3n) is 3.45. The lowest BCUT2D eigenvalue weighted by atomic mass is 9.96. The SMILES string of the molecule is CC(c1nc(C(C)(C)C)no1)N(C)Cc1cccc(F)c1. The van der Waals surface area contributed by atoms with E-state index >= 15 is 0 Å². The van der Waals surface area contributed by atoms with E-state index in [2.05, 4.69) is 15.0 Å². The van der Waals surface area contributed by atoms with Gasteiger partial charge < -0.3 is 4.52 Å². The van der Waals surface area contributed by atoms with Gasteiger partial charge in [0, 0.05) is 12.0 Å². The zero-order valence-electron chi connectivity index (χ0n) is 13.2. The smallest absolute Gasteiger partial charge is 0.243 e. The number of hydrogen-bond donors (Lipinski definition) is 0. The lowest BCUT2D eigenvalue weighted by Crippen LogP contribution is -2.22. The monoisotopic (exact) mass is 291 g/mol. The molecule has 1 unspecified atom stereocenters. The van der Waals surface area contributed by atoms with Crippen LogP contribution in [0.2, 0.25) is 0 Å². The molecule has 5 heteroatoms. The molecule has 21 heavy (non-hydrogen) atoms. The van der Waals surface area contributed by atoms with Gasteiger partial charge in [0.1, 0.15) is 5.82 Å². The first-order valence-corrected chi connectivity index (χ1v) is 7.06. The minimum atomic E-state index is -0.221. The summed E-state index contributed by atoms with van der Waals surface area (Å²) >= 11 is 0. The van der Waals surface area contributed by atoms with Crippen LogP contribution in [0.1, 0.15) is 51.0 Å². The average molecular weight is 291 g/mol. The maximum absolute atomic E-state index is 13.2. The van der Waals surface area contributed by atoms with Crippen LogP contribution in [0.3, 0.4) is 0 Å². The van der Waals surface area contributed by atoms with Crippen molar-refractivity contribution in [3.05, 3.63) is 47.4 Å². The quantitative estimate of drug-likeness (QED) is 0.861. The maximum Gasteiger partial charge on any atom is 0.243 e. The fourth-order valence-corrected chi connectivity index (χ4v) is 1.96. The molecule has 1 aromatic heterocycles. The first-order valence-electron chi connectivity index (χ1n) is 7.06. The highest BCUT2D eigenvalue weighted by Gasteiger charge is 2.24. The summed E-state index contributed by atoms with van der Waals surface area (Å²) in [5.74, 6) is 1.06. The van der Waals surface area contributed by atoms with Crippen LogP contribution in [0.15, 0.2) is 28.8 Å². The second-order valence-electron chi connectivity index (χ2n) is 6.43. The van der Waals surface area contributed by atoms with Crippen LogP contribution >= 0.6 is 0 Å². The molecule has 0 aliphatic rings. The van der Waals surface area contributed by atoms with Gasteiger partial charge in [0.05, 0.1) is 6.04 Å². The highest BCUT2D eigenvalue weighted by molar-refractivity contribution is 5.16. The zero-order valence-corrected chi connectivity index (χ0v) is 13.2. The van der Waals surface area contributed by atoms with Crippen LogP contribution in [-0.4, -0.2) is 22.1 Å². The molecule has 2 aromatic rings. The van der Waals surface area contributed by atoms with Gasteiger partial charge in [-0.25, -0.2) is 4.39 Å². The molecule has 0 amide bonds. The maximum atomic E-state index is 13.2. The standard InChI is InChI=1S/C16H22FN3O/c1-11(14-18-15(19-21-14)16(2,3)4)20(5)10-12-7-6-8-13(17)9-12/h6-9,11H,10H2,1-5H3. The topological polar surface area (TPSA) is 42.2 Å². The van der Waals surface area contributed by atoms with Crippen LogP contribution < -0.4 is 0 Å². The number of nitrogens with zero attached hydrogens (tertiary/aromatic N) is 3. The molecule has 4 nitrogen and oxygen atoms in total. The number of halogens is 1. The van der Waals surface area contributed by atoms with E-state index in [1.165, 1.54) is 12.1 Å². The Hall–Kier alpha value is -1.75. The summed E-state index contributed by atoms with van der Waals surface area (Å²) in [4.78, 5) is 6.52. The highest BCUT2D eigenvalue weighted by Crippen LogP contribution is 2.24. The first-order chi connectivity index (χ1) is 9.77. The van der Waals surface area contributed by atoms with Crippen molar-refractivity contribution < 1.29 is 8.91 Å². The summed E-state index contributed by atoms with van der Waals surface area (Å²) in [5.41, 5.74) is 0.780. The molecule has 0 fully saturated rings. The van der Waals surface area contributed by atoms with Crippen molar-refractivity contribution in [2.75, 3.05) is 7.05 Å². The number of benzene rings is 1. The van der Waals surface area contributed by atoms with Gasteiger partial charge in [-0.1, -0.05) is 38.1 Å². The predicted molar refractivity (Wildman–Crippen MR) is 79.3 cm³/mol. The normalized spacial score (nSPS) is 13.7. The first kappa shape index (κ1) is 15.6. The summed E-state index contributed by atoms with van der Waals surface area (Å²) < 4.78 is 18.6. The number of aromatic nitrogens is 2. The fraction of sp³-hybridized carbons (Fsp3) is 0.500. The Morgan fingerprint density at radius 3 is 2.62 bits per heavy atom. The molecule has 0 spiro atoms. The van der Waals surface area contributed by atoms with Gasteiger partial charge in [-0.3, -0.25) is 4.90 Å². The van der Waals surface area contributed by atoms with Gasteiger partial charge in [0.2, 0.25) is 5.89 Å². The van der Waals surface area contributed by atoms with Crippen LogP contribution in [0.5, 0.6) is 0 Å². The van der Waals surface area contributed by atoms with E-state index in [4.69, 9.17) is 4.52 Å². The average Bonchev–Trinajstić information content (AvgIpc) is 2.87. The number of rotatable bonds is 4. The number of hydrogen-bond acceptors (Lipinski definition) is 4. The van der Waals surface area contributed by atoms with Gasteiger partial charge in [-0.05, 0) is 31.7 Å². The molecule has 2 rings (SSSR count). The summed E-state index contributed by atoms with van der Waals surface area (Å²) in [6.07, 6.45) is 0.